The summed E-state index contributed by atoms with van der Waals surface area (Å²) in [6.07, 6.45) is 2.11. The van der Waals surface area contributed by atoms with E-state index < -0.39 is 5.60 Å². The van der Waals surface area contributed by atoms with Crippen molar-refractivity contribution in [1.82, 2.24) is 5.32 Å². The third-order valence-electron chi connectivity index (χ3n) is 6.88. The number of fused-ring (bicyclic) bond motifs is 3. The first-order chi connectivity index (χ1) is 14.6. The molecule has 3 aliphatic rings. The Morgan fingerprint density at radius 3 is 2.80 bits per heavy atom. The molecule has 6 nitrogen and oxygen atoms in total. The molecule has 1 N–H and O–H groups in total. The molecular weight excluding hydrogens is 382 g/mol. The number of Topliss-reactive ketones (excluding diaryl/α,β-unsaturated/α-hetero) is 1. The van der Waals surface area contributed by atoms with Crippen LogP contribution in [0.2, 0.25) is 0 Å². The molecule has 156 valence electrons. The first kappa shape index (κ1) is 19.0. The number of para-hydroxylation sites is 2. The van der Waals surface area contributed by atoms with Gasteiger partial charge in [-0.25, -0.2) is 0 Å². The maximum Gasteiger partial charge on any atom is 0.224 e. The molecule has 2 aromatic carbocycles. The zero-order valence-electron chi connectivity index (χ0n) is 17.1. The quantitative estimate of drug-likeness (QED) is 0.823. The molecule has 5 rings (SSSR count). The molecular formula is C24H25NO5. The summed E-state index contributed by atoms with van der Waals surface area (Å²) in [5, 5.41) is 3.05. The smallest absolute Gasteiger partial charge is 0.224 e. The molecule has 0 bridgehead atoms. The molecule has 6 heteroatoms. The number of carbonyl (C=O) groups excluding carboxylic acids is 2. The van der Waals surface area contributed by atoms with Gasteiger partial charge in [-0.05, 0) is 37.0 Å². The van der Waals surface area contributed by atoms with Gasteiger partial charge in [0.15, 0.2) is 17.3 Å². The summed E-state index contributed by atoms with van der Waals surface area (Å²) in [5.74, 6) is 2.34. The van der Waals surface area contributed by atoms with Crippen LogP contribution < -0.4 is 19.5 Å². The average molecular weight is 407 g/mol. The number of hydrogen-bond donors (Lipinski definition) is 1. The minimum atomic E-state index is -0.536. The minimum absolute atomic E-state index is 0.0175. The average Bonchev–Trinajstić information content (AvgIpc) is 3.42. The number of hydrogen-bond acceptors (Lipinski definition) is 5. The molecule has 2 aromatic rings. The summed E-state index contributed by atoms with van der Waals surface area (Å²) in [5.41, 5.74) is 0.980. The van der Waals surface area contributed by atoms with Gasteiger partial charge >= 0.3 is 0 Å². The number of ether oxygens (including phenoxy) is 3. The van der Waals surface area contributed by atoms with Crippen molar-refractivity contribution in [2.24, 2.45) is 17.8 Å². The lowest BCUT2D eigenvalue weighted by atomic mass is 9.84. The monoisotopic (exact) mass is 407 g/mol. The highest BCUT2D eigenvalue weighted by molar-refractivity contribution is 6.00. The predicted molar refractivity (Wildman–Crippen MR) is 110 cm³/mol. The number of benzene rings is 2. The molecule has 1 heterocycles. The fourth-order valence-corrected chi connectivity index (χ4v) is 5.51. The number of nitrogens with one attached hydrogen (secondary N) is 1. The van der Waals surface area contributed by atoms with Crippen molar-refractivity contribution in [2.75, 3.05) is 14.2 Å². The first-order valence-corrected chi connectivity index (χ1v) is 10.4. The molecule has 2 aliphatic carbocycles. The van der Waals surface area contributed by atoms with Gasteiger partial charge in [0.1, 0.15) is 11.4 Å². The van der Waals surface area contributed by atoms with Gasteiger partial charge in [0.05, 0.1) is 26.2 Å². The largest absolute Gasteiger partial charge is 0.493 e. The van der Waals surface area contributed by atoms with Gasteiger partial charge in [0.25, 0.3) is 0 Å². The van der Waals surface area contributed by atoms with E-state index in [0.717, 1.165) is 18.4 Å². The minimum Gasteiger partial charge on any atom is -0.493 e. The van der Waals surface area contributed by atoms with E-state index in [1.165, 1.54) is 0 Å². The molecule has 1 aliphatic heterocycles. The second kappa shape index (κ2) is 7.04. The van der Waals surface area contributed by atoms with E-state index in [2.05, 4.69) is 5.32 Å². The van der Waals surface area contributed by atoms with Gasteiger partial charge < -0.3 is 19.5 Å². The molecule has 4 atom stereocenters. The Hall–Kier alpha value is -3.02. The lowest BCUT2D eigenvalue weighted by molar-refractivity contribution is -0.124. The lowest BCUT2D eigenvalue weighted by Crippen LogP contribution is -2.44. The van der Waals surface area contributed by atoms with Crippen molar-refractivity contribution in [3.05, 3.63) is 53.6 Å². The van der Waals surface area contributed by atoms with Crippen molar-refractivity contribution in [3.8, 4) is 17.2 Å². The Morgan fingerprint density at radius 2 is 2.00 bits per heavy atom. The van der Waals surface area contributed by atoms with Crippen LogP contribution in [0, 0.1) is 17.8 Å². The van der Waals surface area contributed by atoms with Gasteiger partial charge in [0, 0.05) is 23.9 Å². The number of amides is 1. The van der Waals surface area contributed by atoms with E-state index in [1.807, 2.05) is 42.5 Å². The normalized spacial score (nSPS) is 28.3. The van der Waals surface area contributed by atoms with Gasteiger partial charge in [-0.2, -0.15) is 0 Å². The van der Waals surface area contributed by atoms with Gasteiger partial charge in [-0.1, -0.05) is 24.3 Å². The Labute approximate surface area is 175 Å². The fourth-order valence-electron chi connectivity index (χ4n) is 5.51. The van der Waals surface area contributed by atoms with Crippen LogP contribution >= 0.6 is 0 Å². The van der Waals surface area contributed by atoms with Crippen LogP contribution in [0.3, 0.4) is 0 Å². The van der Waals surface area contributed by atoms with E-state index in [0.29, 0.717) is 35.8 Å². The maximum atomic E-state index is 13.0. The second-order valence-electron chi connectivity index (χ2n) is 8.39. The fraction of sp³-hybridized carbons (Fsp3) is 0.417. The van der Waals surface area contributed by atoms with Crippen LogP contribution in [-0.4, -0.2) is 31.5 Å². The molecule has 2 fully saturated rings. The summed E-state index contributed by atoms with van der Waals surface area (Å²) in [6.45, 7) is 0.366. The number of rotatable bonds is 5. The Kier molecular flexibility index (Phi) is 4.45. The van der Waals surface area contributed by atoms with E-state index in [9.17, 15) is 9.59 Å². The number of methoxy groups -OCH3 is 2. The van der Waals surface area contributed by atoms with Crippen LogP contribution in [0.15, 0.2) is 42.5 Å². The Bertz CT molecular complexity index is 1020. The predicted octanol–water partition coefficient (Wildman–Crippen LogP) is 3.38. The second-order valence-corrected chi connectivity index (χ2v) is 8.39. The molecule has 0 unspecified atom stereocenters. The summed E-state index contributed by atoms with van der Waals surface area (Å²) in [6, 6.07) is 13.0. The lowest BCUT2D eigenvalue weighted by Gasteiger charge is -2.37. The molecule has 1 spiro atoms. The highest BCUT2D eigenvalue weighted by Gasteiger charge is 2.70. The molecule has 0 saturated heterocycles. The highest BCUT2D eigenvalue weighted by atomic mass is 16.5. The van der Waals surface area contributed by atoms with Crippen molar-refractivity contribution in [2.45, 2.75) is 31.4 Å². The van der Waals surface area contributed by atoms with E-state index in [1.54, 1.807) is 14.2 Å². The zero-order chi connectivity index (χ0) is 20.9. The maximum absolute atomic E-state index is 13.0. The molecule has 0 radical (unpaired) electrons. The number of ketones is 1. The van der Waals surface area contributed by atoms with E-state index >= 15 is 0 Å². The van der Waals surface area contributed by atoms with Gasteiger partial charge in [0.2, 0.25) is 5.91 Å². The van der Waals surface area contributed by atoms with E-state index in [-0.39, 0.29) is 29.4 Å². The third-order valence-corrected chi connectivity index (χ3v) is 6.88. The highest BCUT2D eigenvalue weighted by Crippen LogP contribution is 2.65. The van der Waals surface area contributed by atoms with Gasteiger partial charge in [-0.15, -0.1) is 0 Å². The van der Waals surface area contributed by atoms with Crippen LogP contribution in [0.4, 0.5) is 0 Å². The van der Waals surface area contributed by atoms with Crippen molar-refractivity contribution in [1.29, 1.82) is 0 Å². The topological polar surface area (TPSA) is 73.9 Å². The van der Waals surface area contributed by atoms with Crippen molar-refractivity contribution in [3.63, 3.8) is 0 Å². The van der Waals surface area contributed by atoms with Crippen LogP contribution in [0.25, 0.3) is 0 Å². The number of carbonyl (C=O) groups is 2. The Balaban J connectivity index is 1.29. The molecule has 2 saturated carbocycles. The summed E-state index contributed by atoms with van der Waals surface area (Å²) >= 11 is 0. The van der Waals surface area contributed by atoms with E-state index in [4.69, 9.17) is 14.2 Å². The first-order valence-electron chi connectivity index (χ1n) is 10.4. The standard InChI is InChI=1S/C24H25NO5/c1-28-19-9-5-6-14(22(19)29-2)13-25-23(27)20-16-10-11-24(21(16)20)12-17(26)15-7-3-4-8-18(15)30-24/h3-9,16,20-21H,10-13H2,1-2H3,(H,25,27)/t16-,20+,21+,24-/m1/s1. The SMILES string of the molecule is COc1cccc(CNC(=O)[C@H]2[C@H]3CC[C@@]4(CC(=O)c5ccccc5O4)[C@@H]32)c1OC. The third kappa shape index (κ3) is 2.85. The van der Waals surface area contributed by atoms with Crippen LogP contribution in [-0.2, 0) is 11.3 Å². The van der Waals surface area contributed by atoms with Crippen molar-refractivity contribution >= 4 is 11.7 Å². The van der Waals surface area contributed by atoms with Crippen LogP contribution in [0.1, 0.15) is 35.2 Å². The summed E-state index contributed by atoms with van der Waals surface area (Å²) in [7, 11) is 3.18. The van der Waals surface area contributed by atoms with Gasteiger partial charge in [-0.3, -0.25) is 9.59 Å². The summed E-state index contributed by atoms with van der Waals surface area (Å²) < 4.78 is 17.2. The molecule has 0 aromatic heterocycles. The van der Waals surface area contributed by atoms with Crippen LogP contribution in [0.5, 0.6) is 17.2 Å². The molecule has 1 amide bonds. The molecule has 30 heavy (non-hydrogen) atoms. The summed E-state index contributed by atoms with van der Waals surface area (Å²) in [4.78, 5) is 25.7. The zero-order valence-corrected chi connectivity index (χ0v) is 17.1. The Morgan fingerprint density at radius 1 is 1.17 bits per heavy atom. The van der Waals surface area contributed by atoms with Crippen molar-refractivity contribution < 1.29 is 23.8 Å².